The van der Waals surface area contributed by atoms with Crippen molar-refractivity contribution in [2.75, 3.05) is 6.61 Å². The molecule has 1 rings (SSSR count). The third-order valence-corrected chi connectivity index (χ3v) is 2.87. The van der Waals surface area contributed by atoms with E-state index < -0.39 is 5.97 Å². The van der Waals surface area contributed by atoms with E-state index in [0.29, 0.717) is 5.56 Å². The Hall–Kier alpha value is -1.23. The lowest BCUT2D eigenvalue weighted by Crippen LogP contribution is -2.11. The quantitative estimate of drug-likeness (QED) is 0.476. The van der Waals surface area contributed by atoms with E-state index in [4.69, 9.17) is 4.74 Å². The highest BCUT2D eigenvalue weighted by Crippen LogP contribution is 2.17. The average Bonchev–Trinajstić information content (AvgIpc) is 2.29. The molecule has 1 heterocycles. The van der Waals surface area contributed by atoms with Crippen LogP contribution in [0.1, 0.15) is 36.3 Å². The summed E-state index contributed by atoms with van der Waals surface area (Å²) in [6.07, 6.45) is 2.03. The minimum Gasteiger partial charge on any atom is -0.466 e. The molecule has 0 N–H and O–H groups in total. The van der Waals surface area contributed by atoms with Crippen LogP contribution in [-0.2, 0) is 16.0 Å². The Kier molecular flexibility index (Phi) is 5.28. The number of hydrogen-bond donors (Lipinski definition) is 0. The Bertz CT molecular complexity index is 432. The van der Waals surface area contributed by atoms with Crippen molar-refractivity contribution in [1.82, 2.24) is 4.98 Å². The van der Waals surface area contributed by atoms with Crippen LogP contribution in [-0.4, -0.2) is 23.3 Å². The number of esters is 1. The molecular formula is C12H14BrNO3. The molecule has 0 atom stereocenters. The molecule has 0 unspecified atom stereocenters. The maximum atomic E-state index is 11.7. The molecule has 0 spiro atoms. The monoisotopic (exact) mass is 299 g/mol. The molecule has 0 fully saturated rings. The van der Waals surface area contributed by atoms with Gasteiger partial charge in [0.05, 0.1) is 12.3 Å². The number of nitrogens with zero attached hydrogens (tertiary/aromatic N) is 1. The highest BCUT2D eigenvalue weighted by molar-refractivity contribution is 9.10. The normalized spacial score (nSPS) is 10.1. The van der Waals surface area contributed by atoms with Crippen molar-refractivity contribution in [2.24, 2.45) is 0 Å². The molecular weight excluding hydrogens is 286 g/mol. The molecule has 0 amide bonds. The zero-order valence-electron chi connectivity index (χ0n) is 9.83. The number of ketones is 1. The first-order chi connectivity index (χ1) is 8.08. The van der Waals surface area contributed by atoms with E-state index in [1.54, 1.807) is 13.0 Å². The van der Waals surface area contributed by atoms with Gasteiger partial charge in [0.25, 0.3) is 0 Å². The van der Waals surface area contributed by atoms with Gasteiger partial charge in [0, 0.05) is 16.2 Å². The highest BCUT2D eigenvalue weighted by Gasteiger charge is 2.14. The fraction of sp³-hybridized carbons (Fsp3) is 0.417. The van der Waals surface area contributed by atoms with Crippen LogP contribution in [0.25, 0.3) is 0 Å². The third-order valence-electron chi connectivity index (χ3n) is 2.18. The molecule has 1 aromatic heterocycles. The summed E-state index contributed by atoms with van der Waals surface area (Å²) in [4.78, 5) is 27.0. The summed E-state index contributed by atoms with van der Waals surface area (Å²) in [5.41, 5.74) is 1.31. The summed E-state index contributed by atoms with van der Waals surface area (Å²) >= 11 is 3.34. The molecule has 5 heteroatoms. The fourth-order valence-electron chi connectivity index (χ4n) is 1.32. The van der Waals surface area contributed by atoms with Crippen LogP contribution < -0.4 is 0 Å². The van der Waals surface area contributed by atoms with Gasteiger partial charge in [-0.15, -0.1) is 0 Å². The van der Waals surface area contributed by atoms with E-state index in [-0.39, 0.29) is 18.8 Å². The van der Waals surface area contributed by atoms with Crippen LogP contribution in [0.15, 0.2) is 16.7 Å². The largest absolute Gasteiger partial charge is 0.466 e. The van der Waals surface area contributed by atoms with Crippen LogP contribution in [0, 0.1) is 0 Å². The molecule has 17 heavy (non-hydrogen) atoms. The molecule has 0 bridgehead atoms. The minimum absolute atomic E-state index is 0.243. The summed E-state index contributed by atoms with van der Waals surface area (Å²) < 4.78 is 5.50. The predicted molar refractivity (Wildman–Crippen MR) is 66.9 cm³/mol. The van der Waals surface area contributed by atoms with E-state index in [0.717, 1.165) is 16.6 Å². The SMILES string of the molecule is CCOC(=O)CC(=O)c1cnc(CC)c(Br)c1. The van der Waals surface area contributed by atoms with Crippen LogP contribution in [0.5, 0.6) is 0 Å². The molecule has 0 aromatic carbocycles. The Balaban J connectivity index is 2.76. The summed E-state index contributed by atoms with van der Waals surface area (Å²) in [5.74, 6) is -0.785. The summed E-state index contributed by atoms with van der Waals surface area (Å²) in [7, 11) is 0. The molecule has 92 valence electrons. The number of aromatic nitrogens is 1. The number of rotatable bonds is 5. The van der Waals surface area contributed by atoms with Gasteiger partial charge in [-0.25, -0.2) is 0 Å². The minimum atomic E-state index is -0.506. The molecule has 0 saturated carbocycles. The second kappa shape index (κ2) is 6.49. The van der Waals surface area contributed by atoms with E-state index in [1.165, 1.54) is 6.20 Å². The van der Waals surface area contributed by atoms with Gasteiger partial charge in [0.15, 0.2) is 5.78 Å². The first-order valence-electron chi connectivity index (χ1n) is 5.41. The maximum absolute atomic E-state index is 11.7. The molecule has 4 nitrogen and oxygen atoms in total. The van der Waals surface area contributed by atoms with Crippen molar-refractivity contribution < 1.29 is 14.3 Å². The fourth-order valence-corrected chi connectivity index (χ4v) is 1.95. The Morgan fingerprint density at radius 3 is 2.65 bits per heavy atom. The van der Waals surface area contributed by atoms with Gasteiger partial charge >= 0.3 is 5.97 Å². The summed E-state index contributed by atoms with van der Waals surface area (Å²) in [6.45, 7) is 3.96. The van der Waals surface area contributed by atoms with Crippen molar-refractivity contribution in [2.45, 2.75) is 26.7 Å². The average molecular weight is 300 g/mol. The van der Waals surface area contributed by atoms with E-state index in [2.05, 4.69) is 20.9 Å². The topological polar surface area (TPSA) is 56.3 Å². The van der Waals surface area contributed by atoms with Crippen molar-refractivity contribution in [3.8, 4) is 0 Å². The van der Waals surface area contributed by atoms with Gasteiger partial charge in [-0.2, -0.15) is 0 Å². The Morgan fingerprint density at radius 2 is 2.12 bits per heavy atom. The number of carbonyl (C=O) groups is 2. The number of pyridine rings is 1. The lowest BCUT2D eigenvalue weighted by atomic mass is 10.1. The first-order valence-corrected chi connectivity index (χ1v) is 6.21. The summed E-state index contributed by atoms with van der Waals surface area (Å²) in [6, 6.07) is 1.69. The van der Waals surface area contributed by atoms with Crippen LogP contribution in [0.4, 0.5) is 0 Å². The van der Waals surface area contributed by atoms with E-state index in [9.17, 15) is 9.59 Å². The van der Waals surface area contributed by atoms with E-state index >= 15 is 0 Å². The van der Waals surface area contributed by atoms with Gasteiger partial charge in [-0.1, -0.05) is 6.92 Å². The molecule has 0 radical (unpaired) electrons. The number of hydrogen-bond acceptors (Lipinski definition) is 4. The number of aryl methyl sites for hydroxylation is 1. The molecule has 0 aliphatic carbocycles. The lowest BCUT2D eigenvalue weighted by molar-refractivity contribution is -0.141. The van der Waals surface area contributed by atoms with E-state index in [1.807, 2.05) is 6.92 Å². The van der Waals surface area contributed by atoms with Crippen molar-refractivity contribution >= 4 is 27.7 Å². The van der Waals surface area contributed by atoms with Gasteiger partial charge in [0.2, 0.25) is 0 Å². The third kappa shape index (κ3) is 3.93. The van der Waals surface area contributed by atoms with Gasteiger partial charge in [-0.05, 0) is 35.3 Å². The summed E-state index contributed by atoms with van der Waals surface area (Å²) in [5, 5.41) is 0. The Morgan fingerprint density at radius 1 is 1.41 bits per heavy atom. The van der Waals surface area contributed by atoms with Crippen LogP contribution in [0.3, 0.4) is 0 Å². The highest BCUT2D eigenvalue weighted by atomic mass is 79.9. The first kappa shape index (κ1) is 13.8. The number of carbonyl (C=O) groups excluding carboxylic acids is 2. The van der Waals surface area contributed by atoms with Gasteiger partial charge < -0.3 is 4.74 Å². The molecule has 1 aromatic rings. The van der Waals surface area contributed by atoms with Crippen molar-refractivity contribution in [1.29, 1.82) is 0 Å². The van der Waals surface area contributed by atoms with Gasteiger partial charge in [0.1, 0.15) is 6.42 Å². The number of halogens is 1. The lowest BCUT2D eigenvalue weighted by Gasteiger charge is -2.04. The molecule has 0 aliphatic rings. The zero-order valence-corrected chi connectivity index (χ0v) is 11.4. The number of ether oxygens (including phenoxy) is 1. The second-order valence-corrected chi connectivity index (χ2v) is 4.27. The van der Waals surface area contributed by atoms with Gasteiger partial charge in [-0.3, -0.25) is 14.6 Å². The molecule has 0 saturated heterocycles. The maximum Gasteiger partial charge on any atom is 0.313 e. The number of Topliss-reactive ketones (excluding diaryl/α,β-unsaturated/α-hetero) is 1. The standard InChI is InChI=1S/C12H14BrNO3/c1-3-10-9(13)5-8(7-14-10)11(15)6-12(16)17-4-2/h5,7H,3-4,6H2,1-2H3. The Labute approximate surface area is 109 Å². The van der Waals surface area contributed by atoms with Crippen molar-refractivity contribution in [3.63, 3.8) is 0 Å². The second-order valence-electron chi connectivity index (χ2n) is 3.41. The van der Waals surface area contributed by atoms with Crippen molar-refractivity contribution in [3.05, 3.63) is 28.0 Å². The predicted octanol–water partition coefficient (Wildman–Crippen LogP) is 2.54. The van der Waals surface area contributed by atoms with Crippen LogP contribution in [0.2, 0.25) is 0 Å². The molecule has 0 aliphatic heterocycles. The zero-order chi connectivity index (χ0) is 12.8. The smallest absolute Gasteiger partial charge is 0.313 e. The van der Waals surface area contributed by atoms with Crippen LogP contribution >= 0.6 is 15.9 Å².